The van der Waals surface area contributed by atoms with Crippen LogP contribution in [0.5, 0.6) is 5.75 Å². The van der Waals surface area contributed by atoms with Crippen LogP contribution in [0.4, 0.5) is 0 Å². The van der Waals surface area contributed by atoms with E-state index in [1.807, 2.05) is 67.8 Å². The van der Waals surface area contributed by atoms with Crippen LogP contribution in [0.2, 0.25) is 5.02 Å². The maximum Gasteiger partial charge on any atom is 0.308 e. The highest BCUT2D eigenvalue weighted by Gasteiger charge is 2.30. The third-order valence-electron chi connectivity index (χ3n) is 4.98. The van der Waals surface area contributed by atoms with Crippen LogP contribution in [0.15, 0.2) is 47.5 Å². The third kappa shape index (κ3) is 4.18. The predicted molar refractivity (Wildman–Crippen MR) is 118 cm³/mol. The molecule has 160 valence electrons. The fourth-order valence-electron chi connectivity index (χ4n) is 3.65. The van der Waals surface area contributed by atoms with Crippen molar-refractivity contribution in [1.82, 2.24) is 14.8 Å². The van der Waals surface area contributed by atoms with E-state index in [0.717, 1.165) is 22.5 Å². The van der Waals surface area contributed by atoms with Crippen molar-refractivity contribution in [2.24, 2.45) is 4.99 Å². The monoisotopic (exact) mass is 438 g/mol. The van der Waals surface area contributed by atoms with Crippen LogP contribution in [-0.4, -0.2) is 39.7 Å². The number of ether oxygens (including phenoxy) is 2. The molecule has 1 aliphatic rings. The number of halogens is 1. The van der Waals surface area contributed by atoms with E-state index >= 15 is 0 Å². The average Bonchev–Trinajstić information content (AvgIpc) is 3.05. The minimum Gasteiger partial charge on any atom is -0.497 e. The van der Waals surface area contributed by atoms with Crippen molar-refractivity contribution in [2.45, 2.75) is 39.3 Å². The molecule has 4 rings (SSSR count). The molecule has 1 atom stereocenters. The van der Waals surface area contributed by atoms with Crippen LogP contribution in [0.1, 0.15) is 49.1 Å². The first kappa shape index (κ1) is 21.1. The Morgan fingerprint density at radius 3 is 2.58 bits per heavy atom. The summed E-state index contributed by atoms with van der Waals surface area (Å²) in [6, 6.07) is 12.7. The molecule has 0 radical (unpaired) electrons. The lowest BCUT2D eigenvalue weighted by Crippen LogP contribution is -2.16. The van der Waals surface area contributed by atoms with Gasteiger partial charge in [-0.25, -0.2) is 0 Å². The summed E-state index contributed by atoms with van der Waals surface area (Å²) in [4.78, 5) is 17.5. The second kappa shape index (κ2) is 8.51. The van der Waals surface area contributed by atoms with E-state index in [0.29, 0.717) is 22.4 Å². The first-order valence-corrected chi connectivity index (χ1v) is 10.4. The van der Waals surface area contributed by atoms with Crippen molar-refractivity contribution in [1.29, 1.82) is 0 Å². The molecule has 0 N–H and O–H groups in total. The van der Waals surface area contributed by atoms with Crippen molar-refractivity contribution in [3.8, 4) is 11.4 Å². The van der Waals surface area contributed by atoms with E-state index < -0.39 is 6.04 Å². The minimum atomic E-state index is -0.559. The number of benzene rings is 2. The van der Waals surface area contributed by atoms with Gasteiger partial charge in [-0.05, 0) is 51.1 Å². The molecule has 0 saturated heterocycles. The van der Waals surface area contributed by atoms with E-state index in [9.17, 15) is 4.79 Å². The van der Waals surface area contributed by atoms with E-state index in [1.165, 1.54) is 0 Å². The minimum absolute atomic E-state index is 0.0541. The summed E-state index contributed by atoms with van der Waals surface area (Å²) in [5.41, 5.74) is 3.31. The Hall–Kier alpha value is -3.19. The van der Waals surface area contributed by atoms with Gasteiger partial charge in [0, 0.05) is 16.1 Å². The smallest absolute Gasteiger partial charge is 0.308 e. The number of carbonyl (C=O) groups is 1. The number of aromatic nitrogens is 3. The fraction of sp³-hybridized carbons (Fsp3) is 0.304. The van der Waals surface area contributed by atoms with E-state index in [2.05, 4.69) is 10.2 Å². The van der Waals surface area contributed by atoms with E-state index in [4.69, 9.17) is 26.1 Å². The summed E-state index contributed by atoms with van der Waals surface area (Å²) in [5, 5.41) is 9.24. The third-order valence-corrected chi connectivity index (χ3v) is 5.23. The van der Waals surface area contributed by atoms with Crippen molar-refractivity contribution < 1.29 is 14.3 Å². The zero-order chi connectivity index (χ0) is 22.1. The van der Waals surface area contributed by atoms with Gasteiger partial charge in [0.05, 0.1) is 31.0 Å². The van der Waals surface area contributed by atoms with Gasteiger partial charge in [0.15, 0.2) is 5.82 Å². The Morgan fingerprint density at radius 2 is 1.90 bits per heavy atom. The Balaban J connectivity index is 1.93. The van der Waals surface area contributed by atoms with Gasteiger partial charge in [0.25, 0.3) is 0 Å². The first-order valence-electron chi connectivity index (χ1n) is 10.0. The van der Waals surface area contributed by atoms with Gasteiger partial charge in [0.1, 0.15) is 17.6 Å². The number of methoxy groups -OCH3 is 1. The van der Waals surface area contributed by atoms with Crippen molar-refractivity contribution >= 4 is 23.3 Å². The molecule has 1 aromatic heterocycles. The lowest BCUT2D eigenvalue weighted by Gasteiger charge is -2.14. The Labute approximate surface area is 185 Å². The van der Waals surface area contributed by atoms with Gasteiger partial charge < -0.3 is 9.47 Å². The zero-order valence-corrected chi connectivity index (χ0v) is 18.6. The van der Waals surface area contributed by atoms with E-state index in [1.54, 1.807) is 7.11 Å². The SMILES string of the molecule is COc1ccc2c(c1)C(c1ccc(Cl)cc1)=N[C@@H](CC(=O)OC(C)C)c1nnc(C)n1-2. The molecule has 7 nitrogen and oxygen atoms in total. The van der Waals surface area contributed by atoms with Crippen LogP contribution in [0, 0.1) is 6.92 Å². The van der Waals surface area contributed by atoms with Crippen LogP contribution in [0.3, 0.4) is 0 Å². The lowest BCUT2D eigenvalue weighted by molar-refractivity contribution is -0.147. The quantitative estimate of drug-likeness (QED) is 0.549. The maximum absolute atomic E-state index is 12.5. The second-order valence-corrected chi connectivity index (χ2v) is 8.00. The van der Waals surface area contributed by atoms with Gasteiger partial charge in [0.2, 0.25) is 0 Å². The molecule has 0 amide bonds. The summed E-state index contributed by atoms with van der Waals surface area (Å²) < 4.78 is 12.8. The number of fused-ring (bicyclic) bond motifs is 3. The maximum atomic E-state index is 12.5. The number of rotatable bonds is 5. The summed E-state index contributed by atoms with van der Waals surface area (Å²) in [7, 11) is 1.62. The van der Waals surface area contributed by atoms with Crippen molar-refractivity contribution in [3.05, 3.63) is 70.3 Å². The van der Waals surface area contributed by atoms with Crippen molar-refractivity contribution in [2.75, 3.05) is 7.11 Å². The number of hydrogen-bond donors (Lipinski definition) is 0. The molecule has 0 spiro atoms. The van der Waals surface area contributed by atoms with Gasteiger partial charge in [-0.2, -0.15) is 0 Å². The number of esters is 1. The number of nitrogens with zero attached hydrogens (tertiary/aromatic N) is 4. The van der Waals surface area contributed by atoms with Crippen LogP contribution < -0.4 is 4.74 Å². The Kier molecular flexibility index (Phi) is 5.78. The fourth-order valence-corrected chi connectivity index (χ4v) is 3.77. The molecule has 3 aromatic rings. The molecular formula is C23H23ClN4O3. The highest BCUT2D eigenvalue weighted by atomic mass is 35.5. The summed E-state index contributed by atoms with van der Waals surface area (Å²) >= 11 is 6.11. The standard InChI is InChI=1S/C23H23ClN4O3/c1-13(2)31-21(29)12-19-23-27-26-14(3)28(23)20-10-9-17(30-4)11-18(20)22(25-19)15-5-7-16(24)8-6-15/h5-11,13,19H,12H2,1-4H3/t19-/m0/s1. The molecular weight excluding hydrogens is 416 g/mol. The van der Waals surface area contributed by atoms with E-state index in [-0.39, 0.29) is 18.5 Å². The van der Waals surface area contributed by atoms with Crippen LogP contribution in [-0.2, 0) is 9.53 Å². The molecule has 2 aromatic carbocycles. The summed E-state index contributed by atoms with van der Waals surface area (Å²) in [6.07, 6.45) is -0.155. The van der Waals surface area contributed by atoms with Crippen LogP contribution in [0.25, 0.3) is 5.69 Å². The number of carbonyl (C=O) groups excluding carboxylic acids is 1. The van der Waals surface area contributed by atoms with Gasteiger partial charge in [-0.1, -0.05) is 23.7 Å². The van der Waals surface area contributed by atoms with Crippen molar-refractivity contribution in [3.63, 3.8) is 0 Å². The molecule has 31 heavy (non-hydrogen) atoms. The molecule has 0 bridgehead atoms. The Morgan fingerprint density at radius 1 is 1.16 bits per heavy atom. The normalized spacial score (nSPS) is 15.0. The lowest BCUT2D eigenvalue weighted by atomic mass is 10.00. The largest absolute Gasteiger partial charge is 0.497 e. The number of aliphatic imine (C=N–C) groups is 1. The summed E-state index contributed by atoms with van der Waals surface area (Å²) in [6.45, 7) is 5.52. The van der Waals surface area contributed by atoms with Gasteiger partial charge >= 0.3 is 5.97 Å². The highest BCUT2D eigenvalue weighted by molar-refractivity contribution is 6.30. The zero-order valence-electron chi connectivity index (χ0n) is 17.8. The molecule has 0 saturated carbocycles. The molecule has 1 aliphatic heterocycles. The topological polar surface area (TPSA) is 78.6 Å². The molecule has 8 heteroatoms. The number of aryl methyl sites for hydroxylation is 1. The molecule has 0 aliphatic carbocycles. The second-order valence-electron chi connectivity index (χ2n) is 7.57. The van der Waals surface area contributed by atoms with Crippen LogP contribution >= 0.6 is 11.6 Å². The predicted octanol–water partition coefficient (Wildman–Crippen LogP) is 4.47. The van der Waals surface area contributed by atoms with Gasteiger partial charge in [-0.15, -0.1) is 10.2 Å². The van der Waals surface area contributed by atoms with Gasteiger partial charge in [-0.3, -0.25) is 14.4 Å². The molecule has 2 heterocycles. The molecule has 0 unspecified atom stereocenters. The average molecular weight is 439 g/mol. The Bertz CT molecular complexity index is 1150. The summed E-state index contributed by atoms with van der Waals surface area (Å²) in [5.74, 6) is 1.66. The molecule has 0 fully saturated rings. The highest BCUT2D eigenvalue weighted by Crippen LogP contribution is 2.34. The first-order chi connectivity index (χ1) is 14.9. The number of hydrogen-bond acceptors (Lipinski definition) is 6.